The van der Waals surface area contributed by atoms with Crippen LogP contribution in [-0.4, -0.2) is 63.1 Å². The molecule has 4 rings (SSSR count). The Morgan fingerprint density at radius 2 is 1.68 bits per heavy atom. The molecule has 11 nitrogen and oxygen atoms in total. The number of benzene rings is 2. The van der Waals surface area contributed by atoms with Gasteiger partial charge in [0.05, 0.1) is 5.92 Å². The molecule has 0 aromatic heterocycles. The van der Waals surface area contributed by atoms with Gasteiger partial charge in [0.2, 0.25) is 12.4 Å². The molecule has 0 radical (unpaired) electrons. The lowest BCUT2D eigenvalue weighted by Crippen LogP contribution is -2.61. The lowest BCUT2D eigenvalue weighted by Gasteiger charge is -2.38. The third kappa shape index (κ3) is 6.76. The van der Waals surface area contributed by atoms with Gasteiger partial charge in [-0.05, 0) is 53.8 Å². The quantitative estimate of drug-likeness (QED) is 0.307. The predicted octanol–water partition coefficient (Wildman–Crippen LogP) is 3.45. The Morgan fingerprint density at radius 1 is 1.02 bits per heavy atom. The molecular formula is C28H27Cl2NO10. The van der Waals surface area contributed by atoms with Crippen LogP contribution in [0.15, 0.2) is 59.1 Å². The Balaban J connectivity index is 1.39. The van der Waals surface area contributed by atoms with Crippen molar-refractivity contribution in [2.24, 2.45) is 17.3 Å². The summed E-state index contributed by atoms with van der Waals surface area (Å²) in [6.45, 7) is 3.77. The minimum absolute atomic E-state index is 0.0602. The summed E-state index contributed by atoms with van der Waals surface area (Å²) in [5.74, 6) is -1.89. The number of aliphatic carboxylic acids is 1. The Hall–Kier alpha value is -3.37. The summed E-state index contributed by atoms with van der Waals surface area (Å²) in [6, 6.07) is 14.4. The number of aliphatic hydroxyl groups excluding tert-OH is 3. The molecule has 0 spiro atoms. The van der Waals surface area contributed by atoms with Gasteiger partial charge >= 0.3 is 11.9 Å². The van der Waals surface area contributed by atoms with Gasteiger partial charge in [0.1, 0.15) is 46.1 Å². The van der Waals surface area contributed by atoms with Gasteiger partial charge in [-0.3, -0.25) is 4.79 Å². The number of aliphatic hydroxyl groups is 3. The molecule has 8 atom stereocenters. The van der Waals surface area contributed by atoms with Gasteiger partial charge in [-0.15, -0.1) is 0 Å². The lowest BCUT2D eigenvalue weighted by atomic mass is 9.99. The molecule has 2 aliphatic rings. The van der Waals surface area contributed by atoms with Crippen molar-refractivity contribution in [2.75, 3.05) is 0 Å². The Bertz CT molecular complexity index is 1350. The van der Waals surface area contributed by atoms with E-state index in [1.54, 1.807) is 30.3 Å². The van der Waals surface area contributed by atoms with E-state index in [1.807, 2.05) is 19.9 Å². The van der Waals surface area contributed by atoms with Crippen molar-refractivity contribution in [1.29, 1.82) is 5.26 Å². The zero-order valence-electron chi connectivity index (χ0n) is 21.8. The zero-order chi connectivity index (χ0) is 30.1. The Labute approximate surface area is 245 Å². The number of hydrogen-bond acceptors (Lipinski definition) is 10. The van der Waals surface area contributed by atoms with Crippen molar-refractivity contribution in [3.63, 3.8) is 0 Å². The molecule has 0 amide bonds. The van der Waals surface area contributed by atoms with Crippen LogP contribution in [0.4, 0.5) is 0 Å². The van der Waals surface area contributed by atoms with Gasteiger partial charge in [-0.25, -0.2) is 4.79 Å². The second kappa shape index (κ2) is 12.2. The standard InChI is InChI=1S/C28H27Cl2NO10/c1-28(2)17(11-19(29)30)20(28)26(37)40-18(12-31)13-4-3-5-16(10-13)38-14-6-8-15(9-7-14)39-27-23(34)21(32)22(33)24(41-27)25(35)36/h3-11,17-18,20-24,27,32-34H,1-2H3,(H,35,36)/t17?,18?,20?,21-,22-,23+,24-,27+/m0/s1. The first-order valence-electron chi connectivity index (χ1n) is 12.4. The number of carboxylic acids is 1. The smallest absolute Gasteiger partial charge is 0.335 e. The summed E-state index contributed by atoms with van der Waals surface area (Å²) in [4.78, 5) is 24.1. The van der Waals surface area contributed by atoms with E-state index in [0.29, 0.717) is 17.1 Å². The summed E-state index contributed by atoms with van der Waals surface area (Å²) in [7, 11) is 0. The molecule has 1 heterocycles. The van der Waals surface area contributed by atoms with Crippen molar-refractivity contribution in [1.82, 2.24) is 0 Å². The van der Waals surface area contributed by atoms with E-state index in [9.17, 15) is 30.2 Å². The van der Waals surface area contributed by atoms with Gasteiger partial charge < -0.3 is 39.4 Å². The summed E-state index contributed by atoms with van der Waals surface area (Å²) in [5, 5.41) is 48.7. The molecule has 4 N–H and O–H groups in total. The number of nitriles is 1. The van der Waals surface area contributed by atoms with Crippen LogP contribution < -0.4 is 9.47 Å². The molecule has 2 fully saturated rings. The van der Waals surface area contributed by atoms with Crippen LogP contribution in [-0.2, 0) is 19.1 Å². The molecule has 1 aliphatic carbocycles. The number of hydrogen-bond donors (Lipinski definition) is 4. The normalized spacial score (nSPS) is 28.9. The minimum Gasteiger partial charge on any atom is -0.479 e. The maximum atomic E-state index is 12.8. The highest BCUT2D eigenvalue weighted by atomic mass is 35.5. The first kappa shape index (κ1) is 30.6. The summed E-state index contributed by atoms with van der Waals surface area (Å²) in [6.07, 6.45) is -8.26. The SMILES string of the molecule is CC1(C)C(C=C(Cl)Cl)C1C(=O)OC(C#N)c1cccc(Oc2ccc(O[C@@H]3O[C@H](C(=O)O)[C@@H](O)[C@H](O)[C@H]3O)cc2)c1. The third-order valence-electron chi connectivity index (χ3n) is 7.11. The largest absolute Gasteiger partial charge is 0.479 e. The molecule has 2 aromatic rings. The fraction of sp³-hybridized carbons (Fsp3) is 0.393. The lowest BCUT2D eigenvalue weighted by molar-refractivity contribution is -0.271. The number of halogens is 2. The molecule has 3 unspecified atom stereocenters. The van der Waals surface area contributed by atoms with Crippen LogP contribution in [0.1, 0.15) is 25.5 Å². The van der Waals surface area contributed by atoms with Gasteiger partial charge in [0.25, 0.3) is 0 Å². The van der Waals surface area contributed by atoms with Gasteiger partial charge in [-0.1, -0.05) is 49.2 Å². The summed E-state index contributed by atoms with van der Waals surface area (Å²) < 4.78 is 22.0. The van der Waals surface area contributed by atoms with Crippen LogP contribution in [0.3, 0.4) is 0 Å². The van der Waals surface area contributed by atoms with Crippen LogP contribution in [0.5, 0.6) is 17.2 Å². The second-order valence-corrected chi connectivity index (χ2v) is 11.2. The molecule has 2 aromatic carbocycles. The van der Waals surface area contributed by atoms with Gasteiger partial charge in [0.15, 0.2) is 6.10 Å². The number of rotatable bonds is 9. The van der Waals surface area contributed by atoms with E-state index in [0.717, 1.165) is 0 Å². The topological polar surface area (TPSA) is 176 Å². The molecule has 1 saturated carbocycles. The fourth-order valence-electron chi connectivity index (χ4n) is 4.68. The van der Waals surface area contributed by atoms with E-state index < -0.39 is 60.1 Å². The van der Waals surface area contributed by atoms with Crippen molar-refractivity contribution >= 4 is 35.1 Å². The average molecular weight is 608 g/mol. The Kier molecular flexibility index (Phi) is 9.13. The van der Waals surface area contributed by atoms with E-state index in [1.165, 1.54) is 24.3 Å². The number of nitrogens with zero attached hydrogens (tertiary/aromatic N) is 1. The first-order chi connectivity index (χ1) is 19.3. The second-order valence-electron chi connectivity index (χ2n) is 10.2. The number of carbonyl (C=O) groups is 2. The first-order valence-corrected chi connectivity index (χ1v) is 13.2. The third-order valence-corrected chi connectivity index (χ3v) is 7.36. The average Bonchev–Trinajstić information content (AvgIpc) is 3.46. The summed E-state index contributed by atoms with van der Waals surface area (Å²) >= 11 is 11.5. The van der Waals surface area contributed by atoms with Crippen molar-refractivity contribution in [3.05, 3.63) is 64.7 Å². The highest BCUT2D eigenvalue weighted by Gasteiger charge is 2.62. The van der Waals surface area contributed by atoms with Gasteiger partial charge in [0, 0.05) is 5.56 Å². The number of ether oxygens (including phenoxy) is 4. The van der Waals surface area contributed by atoms with E-state index in [4.69, 9.17) is 47.3 Å². The number of carboxylic acid groups (broad SMARTS) is 1. The van der Waals surface area contributed by atoms with Crippen LogP contribution >= 0.6 is 23.2 Å². The molecule has 0 bridgehead atoms. The van der Waals surface area contributed by atoms with Crippen molar-refractivity contribution in [2.45, 2.75) is 50.7 Å². The maximum Gasteiger partial charge on any atom is 0.335 e. The molecule has 218 valence electrons. The molecule has 1 saturated heterocycles. The van der Waals surface area contributed by atoms with E-state index >= 15 is 0 Å². The van der Waals surface area contributed by atoms with Gasteiger partial charge in [-0.2, -0.15) is 5.26 Å². The predicted molar refractivity (Wildman–Crippen MR) is 143 cm³/mol. The number of allylic oxidation sites excluding steroid dienone is 1. The zero-order valence-corrected chi connectivity index (χ0v) is 23.3. The molecular weight excluding hydrogens is 581 g/mol. The van der Waals surface area contributed by atoms with Crippen LogP contribution in [0.2, 0.25) is 0 Å². The van der Waals surface area contributed by atoms with Crippen molar-refractivity contribution in [3.8, 4) is 23.3 Å². The summed E-state index contributed by atoms with van der Waals surface area (Å²) in [5.41, 5.74) is -0.0101. The minimum atomic E-state index is -1.83. The Morgan fingerprint density at radius 3 is 2.29 bits per heavy atom. The molecule has 13 heteroatoms. The van der Waals surface area contributed by atoms with Crippen molar-refractivity contribution < 1.29 is 49.0 Å². The van der Waals surface area contributed by atoms with Crippen LogP contribution in [0, 0.1) is 28.6 Å². The van der Waals surface area contributed by atoms with E-state index in [2.05, 4.69) is 0 Å². The highest BCUT2D eigenvalue weighted by molar-refractivity contribution is 6.55. The highest BCUT2D eigenvalue weighted by Crippen LogP contribution is 2.60. The fourth-order valence-corrected chi connectivity index (χ4v) is 4.95. The number of carbonyl (C=O) groups excluding carboxylic acids is 1. The number of esters is 1. The maximum absolute atomic E-state index is 12.8. The van der Waals surface area contributed by atoms with E-state index in [-0.39, 0.29) is 16.2 Å². The van der Waals surface area contributed by atoms with Crippen LogP contribution in [0.25, 0.3) is 0 Å². The molecule has 1 aliphatic heterocycles. The monoisotopic (exact) mass is 607 g/mol. The molecule has 41 heavy (non-hydrogen) atoms.